The second kappa shape index (κ2) is 13.3. The van der Waals surface area contributed by atoms with Crippen LogP contribution in [0.25, 0.3) is 0 Å². The predicted molar refractivity (Wildman–Crippen MR) is 167 cm³/mol. The molecule has 0 unspecified atom stereocenters. The molecule has 7 nitrogen and oxygen atoms in total. The van der Waals surface area contributed by atoms with Gasteiger partial charge in [-0.25, -0.2) is 8.42 Å². The third kappa shape index (κ3) is 7.73. The molecule has 0 fully saturated rings. The lowest BCUT2D eigenvalue weighted by atomic mass is 10.1. The van der Waals surface area contributed by atoms with E-state index in [0.717, 1.165) is 27.9 Å². The molecule has 1 heterocycles. The number of nitrogens with one attached hydrogen (secondary N) is 1. The quantitative estimate of drug-likeness (QED) is 0.152. The number of nitrogens with zero attached hydrogens (tertiary/aromatic N) is 1. The van der Waals surface area contributed by atoms with Gasteiger partial charge in [0.05, 0.1) is 24.0 Å². The van der Waals surface area contributed by atoms with Crippen LogP contribution in [0.1, 0.15) is 29.2 Å². The van der Waals surface area contributed by atoms with Crippen molar-refractivity contribution in [2.24, 2.45) is 0 Å². The predicted octanol–water partition coefficient (Wildman–Crippen LogP) is 7.93. The Balaban J connectivity index is 1.32. The topological polar surface area (TPSA) is 81.0 Å². The molecule has 1 aromatic heterocycles. The molecule has 42 heavy (non-hydrogen) atoms. The number of furan rings is 1. The molecule has 0 spiro atoms. The van der Waals surface area contributed by atoms with Crippen molar-refractivity contribution in [2.75, 3.05) is 15.4 Å². The molecule has 216 valence electrons. The van der Waals surface area contributed by atoms with Gasteiger partial charge in [0, 0.05) is 30.4 Å². The SMILES string of the molecule is CCS(=O)(=O)Nc1cccc(N(Cc2ccccc2)Cc2ccc(Oc3cccc(OCc4ccoc4)c3)cc2)c1C. The van der Waals surface area contributed by atoms with Crippen molar-refractivity contribution in [3.8, 4) is 17.2 Å². The van der Waals surface area contributed by atoms with Crippen molar-refractivity contribution in [2.45, 2.75) is 33.5 Å². The van der Waals surface area contributed by atoms with Crippen LogP contribution < -0.4 is 19.1 Å². The second-order valence-electron chi connectivity index (χ2n) is 9.94. The van der Waals surface area contributed by atoms with Gasteiger partial charge in [-0.2, -0.15) is 0 Å². The highest BCUT2D eigenvalue weighted by atomic mass is 32.2. The van der Waals surface area contributed by atoms with Crippen molar-refractivity contribution >= 4 is 21.4 Å². The van der Waals surface area contributed by atoms with Gasteiger partial charge >= 0.3 is 0 Å². The molecule has 0 aliphatic heterocycles. The van der Waals surface area contributed by atoms with E-state index in [4.69, 9.17) is 13.9 Å². The third-order valence-corrected chi connectivity index (χ3v) is 8.12. The number of benzene rings is 4. The molecule has 0 saturated heterocycles. The van der Waals surface area contributed by atoms with E-state index in [1.165, 1.54) is 0 Å². The molecule has 5 aromatic rings. The van der Waals surface area contributed by atoms with Crippen molar-refractivity contribution in [1.82, 2.24) is 0 Å². The molecule has 4 aromatic carbocycles. The normalized spacial score (nSPS) is 11.2. The summed E-state index contributed by atoms with van der Waals surface area (Å²) >= 11 is 0. The fourth-order valence-corrected chi connectivity index (χ4v) is 5.24. The van der Waals surface area contributed by atoms with Crippen LogP contribution in [0.15, 0.2) is 120 Å². The Hall–Kier alpha value is -4.69. The Bertz CT molecular complexity index is 1690. The zero-order valence-corrected chi connectivity index (χ0v) is 24.5. The molecule has 0 aliphatic rings. The summed E-state index contributed by atoms with van der Waals surface area (Å²) < 4.78 is 44.4. The maximum Gasteiger partial charge on any atom is 0.232 e. The monoisotopic (exact) mass is 582 g/mol. The largest absolute Gasteiger partial charge is 0.489 e. The number of rotatable bonds is 13. The van der Waals surface area contributed by atoms with Gasteiger partial charge in [0.25, 0.3) is 0 Å². The first-order valence-electron chi connectivity index (χ1n) is 13.8. The molecule has 0 saturated carbocycles. The highest BCUT2D eigenvalue weighted by Gasteiger charge is 2.16. The Morgan fingerprint density at radius 1 is 0.762 bits per heavy atom. The molecule has 0 bridgehead atoms. The molecule has 0 amide bonds. The fraction of sp³-hybridized carbons (Fsp3) is 0.176. The zero-order chi connectivity index (χ0) is 29.4. The van der Waals surface area contributed by atoms with Crippen LogP contribution in [0.4, 0.5) is 11.4 Å². The molecule has 0 atom stereocenters. The smallest absolute Gasteiger partial charge is 0.232 e. The summed E-state index contributed by atoms with van der Waals surface area (Å²) in [5.74, 6) is 2.12. The van der Waals surface area contributed by atoms with Gasteiger partial charge in [-0.3, -0.25) is 4.72 Å². The minimum atomic E-state index is -3.40. The zero-order valence-electron chi connectivity index (χ0n) is 23.7. The number of ether oxygens (including phenoxy) is 2. The Labute approximate surface area is 247 Å². The van der Waals surface area contributed by atoms with Crippen LogP contribution in [0.5, 0.6) is 17.2 Å². The number of hydrogen-bond donors (Lipinski definition) is 1. The highest BCUT2D eigenvalue weighted by molar-refractivity contribution is 7.92. The van der Waals surface area contributed by atoms with Gasteiger partial charge in [-0.1, -0.05) is 54.6 Å². The van der Waals surface area contributed by atoms with E-state index in [-0.39, 0.29) is 5.75 Å². The van der Waals surface area contributed by atoms with Crippen LogP contribution in [0.3, 0.4) is 0 Å². The molecular formula is C34H34N2O5S. The Morgan fingerprint density at radius 3 is 2.19 bits per heavy atom. The van der Waals surface area contributed by atoms with Gasteiger partial charge in [0.2, 0.25) is 10.0 Å². The fourth-order valence-electron chi connectivity index (χ4n) is 4.53. The van der Waals surface area contributed by atoms with E-state index >= 15 is 0 Å². The Morgan fingerprint density at radius 2 is 1.48 bits per heavy atom. The van der Waals surface area contributed by atoms with Gasteiger partial charge in [-0.15, -0.1) is 0 Å². The van der Waals surface area contributed by atoms with Gasteiger partial charge in [0.15, 0.2) is 0 Å². The summed E-state index contributed by atoms with van der Waals surface area (Å²) in [5, 5.41) is 0. The van der Waals surface area contributed by atoms with Crippen LogP contribution in [-0.2, 0) is 29.7 Å². The average Bonchev–Trinajstić information content (AvgIpc) is 3.53. The van der Waals surface area contributed by atoms with Crippen molar-refractivity contribution in [1.29, 1.82) is 0 Å². The first-order valence-corrected chi connectivity index (χ1v) is 15.4. The van der Waals surface area contributed by atoms with Gasteiger partial charge < -0.3 is 18.8 Å². The van der Waals surface area contributed by atoms with E-state index in [9.17, 15) is 8.42 Å². The Kier molecular flexibility index (Phi) is 9.14. The maximum atomic E-state index is 12.3. The molecule has 0 aliphatic carbocycles. The molecular weight excluding hydrogens is 548 g/mol. The second-order valence-corrected chi connectivity index (χ2v) is 11.9. The van der Waals surface area contributed by atoms with E-state index in [1.54, 1.807) is 25.5 Å². The summed E-state index contributed by atoms with van der Waals surface area (Å²) in [6, 6.07) is 33.4. The first kappa shape index (κ1) is 28.8. The van der Waals surface area contributed by atoms with Crippen molar-refractivity contribution in [3.63, 3.8) is 0 Å². The van der Waals surface area contributed by atoms with Gasteiger partial charge in [-0.05, 0) is 73.0 Å². The third-order valence-electron chi connectivity index (χ3n) is 6.83. The summed E-state index contributed by atoms with van der Waals surface area (Å²) in [7, 11) is -3.40. The number of sulfonamides is 1. The van der Waals surface area contributed by atoms with E-state index in [1.807, 2.05) is 91.9 Å². The van der Waals surface area contributed by atoms with Crippen LogP contribution in [-0.4, -0.2) is 14.2 Å². The average molecular weight is 583 g/mol. The maximum absolute atomic E-state index is 12.3. The van der Waals surface area contributed by atoms with E-state index in [0.29, 0.717) is 42.6 Å². The lowest BCUT2D eigenvalue weighted by Crippen LogP contribution is -2.24. The summed E-state index contributed by atoms with van der Waals surface area (Å²) in [6.45, 7) is 5.28. The number of hydrogen-bond acceptors (Lipinski definition) is 6. The molecule has 1 N–H and O–H groups in total. The van der Waals surface area contributed by atoms with Crippen molar-refractivity contribution < 1.29 is 22.3 Å². The summed E-state index contributed by atoms with van der Waals surface area (Å²) in [5.41, 5.74) is 5.64. The van der Waals surface area contributed by atoms with Crippen LogP contribution in [0, 0.1) is 6.92 Å². The summed E-state index contributed by atoms with van der Waals surface area (Å²) in [4.78, 5) is 2.26. The minimum absolute atomic E-state index is 0.0153. The number of anilines is 2. The van der Waals surface area contributed by atoms with Crippen LogP contribution >= 0.6 is 0 Å². The first-order chi connectivity index (χ1) is 20.4. The summed E-state index contributed by atoms with van der Waals surface area (Å²) in [6.07, 6.45) is 3.28. The van der Waals surface area contributed by atoms with Crippen LogP contribution in [0.2, 0.25) is 0 Å². The van der Waals surface area contributed by atoms with E-state index < -0.39 is 10.0 Å². The highest BCUT2D eigenvalue weighted by Crippen LogP contribution is 2.31. The van der Waals surface area contributed by atoms with Gasteiger partial charge in [0.1, 0.15) is 23.9 Å². The molecule has 8 heteroatoms. The molecule has 5 rings (SSSR count). The van der Waals surface area contributed by atoms with E-state index in [2.05, 4.69) is 21.8 Å². The standard InChI is InChI=1S/C34H34N2O5S/c1-3-42(37,38)35-33-13-8-14-34(26(33)2)36(22-27-9-5-4-6-10-27)23-28-15-17-30(18-16-28)41-32-12-7-11-31(21-32)40-25-29-19-20-39-24-29/h4-21,24,35H,3,22-23,25H2,1-2H3. The molecule has 0 radical (unpaired) electrons. The lowest BCUT2D eigenvalue weighted by Gasteiger charge is -2.28. The van der Waals surface area contributed by atoms with Crippen molar-refractivity contribution in [3.05, 3.63) is 138 Å². The minimum Gasteiger partial charge on any atom is -0.489 e. The lowest BCUT2D eigenvalue weighted by molar-refractivity contribution is 0.303.